The van der Waals surface area contributed by atoms with Crippen LogP contribution in [-0.4, -0.2) is 14.3 Å². The number of alkyl halides is 1. The van der Waals surface area contributed by atoms with Crippen molar-refractivity contribution in [2.24, 2.45) is 0 Å². The van der Waals surface area contributed by atoms with Gasteiger partial charge in [0.2, 0.25) is 0 Å². The van der Waals surface area contributed by atoms with Crippen molar-refractivity contribution in [2.75, 3.05) is 10.6 Å². The van der Waals surface area contributed by atoms with Gasteiger partial charge in [-0.25, -0.2) is 8.42 Å². The number of rotatable bonds is 5. The zero-order valence-electron chi connectivity index (χ0n) is 11.4. The molecule has 3 nitrogen and oxygen atoms in total. The van der Waals surface area contributed by atoms with Gasteiger partial charge in [0.25, 0.3) is 10.0 Å². The third-order valence-corrected chi connectivity index (χ3v) is 5.11. The summed E-state index contributed by atoms with van der Waals surface area (Å²) in [5.41, 5.74) is 2.44. The number of hydrogen-bond acceptors (Lipinski definition) is 2. The van der Waals surface area contributed by atoms with E-state index in [0.29, 0.717) is 11.6 Å². The maximum absolute atomic E-state index is 12.4. The van der Waals surface area contributed by atoms with Crippen LogP contribution in [0.2, 0.25) is 0 Å². The summed E-state index contributed by atoms with van der Waals surface area (Å²) in [6, 6.07) is 12.2. The smallest absolute Gasteiger partial charge is 0.261 e. The molecule has 0 bridgehead atoms. The number of benzene rings is 2. The number of hydrogen-bond donors (Lipinski definition) is 1. The van der Waals surface area contributed by atoms with Crippen molar-refractivity contribution in [1.29, 1.82) is 0 Å². The van der Waals surface area contributed by atoms with Crippen LogP contribution in [-0.2, 0) is 16.4 Å². The van der Waals surface area contributed by atoms with E-state index in [9.17, 15) is 8.42 Å². The summed E-state index contributed by atoms with van der Waals surface area (Å²) in [4.78, 5) is 0.239. The lowest BCUT2D eigenvalue weighted by Gasteiger charge is -2.11. The Morgan fingerprint density at radius 2 is 1.81 bits per heavy atom. The number of sulfonamides is 1. The van der Waals surface area contributed by atoms with Crippen molar-refractivity contribution in [2.45, 2.75) is 18.2 Å². The van der Waals surface area contributed by atoms with Gasteiger partial charge in [0, 0.05) is 10.4 Å². The van der Waals surface area contributed by atoms with Crippen molar-refractivity contribution < 1.29 is 8.42 Å². The summed E-state index contributed by atoms with van der Waals surface area (Å²) >= 11 is 9.02. The molecule has 0 radical (unpaired) electrons. The van der Waals surface area contributed by atoms with Crippen molar-refractivity contribution in [3.8, 4) is 0 Å². The molecule has 0 aliphatic carbocycles. The fraction of sp³-hybridized carbons (Fsp3) is 0.200. The largest absolute Gasteiger partial charge is 0.279 e. The minimum Gasteiger partial charge on any atom is -0.279 e. The van der Waals surface area contributed by atoms with Crippen LogP contribution in [0.25, 0.3) is 0 Å². The Balaban J connectivity index is 2.25. The highest BCUT2D eigenvalue weighted by atomic mass is 79.9. The molecule has 6 heteroatoms. The van der Waals surface area contributed by atoms with Gasteiger partial charge in [-0.1, -0.05) is 28.1 Å². The molecule has 0 saturated carbocycles. The molecule has 2 aromatic rings. The summed E-state index contributed by atoms with van der Waals surface area (Å²) in [7, 11) is -3.58. The Morgan fingerprint density at radius 1 is 1.14 bits per heavy atom. The molecule has 0 spiro atoms. The molecule has 0 aromatic heterocycles. The van der Waals surface area contributed by atoms with Crippen LogP contribution >= 0.6 is 27.5 Å². The molecule has 0 saturated heterocycles. The van der Waals surface area contributed by atoms with Gasteiger partial charge >= 0.3 is 0 Å². The van der Waals surface area contributed by atoms with Gasteiger partial charge in [0.15, 0.2) is 0 Å². The monoisotopic (exact) mass is 387 g/mol. The van der Waals surface area contributed by atoms with Gasteiger partial charge in [0.1, 0.15) is 0 Å². The number of aryl methyl sites for hydroxylation is 2. The molecular weight excluding hydrogens is 374 g/mol. The first-order valence-corrected chi connectivity index (χ1v) is 9.17. The fourth-order valence-electron chi connectivity index (χ4n) is 1.89. The molecule has 112 valence electrons. The minimum absolute atomic E-state index is 0.239. The van der Waals surface area contributed by atoms with E-state index < -0.39 is 10.0 Å². The van der Waals surface area contributed by atoms with Crippen LogP contribution in [0.3, 0.4) is 0 Å². The summed E-state index contributed by atoms with van der Waals surface area (Å²) in [5, 5.41) is 0. The third-order valence-electron chi connectivity index (χ3n) is 3.05. The maximum atomic E-state index is 12.4. The summed E-state index contributed by atoms with van der Waals surface area (Å²) in [6.07, 6.45) is 0.723. The predicted octanol–water partition coefficient (Wildman–Crippen LogP) is 4.34. The minimum atomic E-state index is -3.58. The van der Waals surface area contributed by atoms with E-state index in [-0.39, 0.29) is 4.90 Å². The van der Waals surface area contributed by atoms with Crippen molar-refractivity contribution in [3.05, 3.63) is 58.1 Å². The Hall–Kier alpha value is -1.04. The van der Waals surface area contributed by atoms with Gasteiger partial charge in [0.05, 0.1) is 10.6 Å². The van der Waals surface area contributed by atoms with E-state index >= 15 is 0 Å². The molecule has 0 atom stereocenters. The summed E-state index contributed by atoms with van der Waals surface area (Å²) < 4.78 is 28.2. The SMILES string of the molecule is Cc1cc(Br)ccc1NS(=O)(=O)c1ccc(CCCl)cc1. The second-order valence-electron chi connectivity index (χ2n) is 4.65. The number of anilines is 1. The molecule has 0 amide bonds. The standard InChI is InChI=1S/C15H15BrClNO2S/c1-11-10-13(16)4-7-15(11)18-21(19,20)14-5-2-12(3-6-14)8-9-17/h2-7,10,18H,8-9H2,1H3. The molecule has 0 unspecified atom stereocenters. The van der Waals surface area contributed by atoms with Gasteiger partial charge in [-0.3, -0.25) is 4.72 Å². The highest BCUT2D eigenvalue weighted by molar-refractivity contribution is 9.10. The van der Waals surface area contributed by atoms with Gasteiger partial charge in [-0.2, -0.15) is 0 Å². The lowest BCUT2D eigenvalue weighted by atomic mass is 10.2. The van der Waals surface area contributed by atoms with E-state index in [0.717, 1.165) is 22.0 Å². The van der Waals surface area contributed by atoms with Crippen LogP contribution < -0.4 is 4.72 Å². The molecule has 0 aliphatic rings. The first-order valence-electron chi connectivity index (χ1n) is 6.36. The maximum Gasteiger partial charge on any atom is 0.261 e. The third kappa shape index (κ3) is 4.22. The van der Waals surface area contributed by atoms with Crippen LogP contribution in [0.15, 0.2) is 51.8 Å². The average Bonchev–Trinajstić information content (AvgIpc) is 2.43. The van der Waals surface area contributed by atoms with E-state index in [1.54, 1.807) is 36.4 Å². The molecule has 2 aromatic carbocycles. The van der Waals surface area contributed by atoms with Gasteiger partial charge in [-0.05, 0) is 54.8 Å². The van der Waals surface area contributed by atoms with Gasteiger partial charge < -0.3 is 0 Å². The topological polar surface area (TPSA) is 46.2 Å². The van der Waals surface area contributed by atoms with Crippen molar-refractivity contribution in [3.63, 3.8) is 0 Å². The van der Waals surface area contributed by atoms with E-state index in [4.69, 9.17) is 11.6 Å². The fourth-order valence-corrected chi connectivity index (χ4v) is 3.71. The molecule has 0 aliphatic heterocycles. The highest BCUT2D eigenvalue weighted by Crippen LogP contribution is 2.23. The quantitative estimate of drug-likeness (QED) is 0.774. The van der Waals surface area contributed by atoms with E-state index in [2.05, 4.69) is 20.7 Å². The lowest BCUT2D eigenvalue weighted by molar-refractivity contribution is 0.601. The Morgan fingerprint density at radius 3 is 2.38 bits per heavy atom. The molecule has 2 rings (SSSR count). The van der Waals surface area contributed by atoms with E-state index in [1.165, 1.54) is 0 Å². The van der Waals surface area contributed by atoms with Gasteiger partial charge in [-0.15, -0.1) is 11.6 Å². The zero-order valence-corrected chi connectivity index (χ0v) is 14.6. The summed E-state index contributed by atoms with van der Waals surface area (Å²) in [5.74, 6) is 0.516. The van der Waals surface area contributed by atoms with E-state index in [1.807, 2.05) is 13.0 Å². The average molecular weight is 389 g/mol. The first-order chi connectivity index (χ1) is 9.92. The second-order valence-corrected chi connectivity index (χ2v) is 7.62. The lowest BCUT2D eigenvalue weighted by Crippen LogP contribution is -2.13. The van der Waals surface area contributed by atoms with Crippen LogP contribution in [0.5, 0.6) is 0 Å². The number of halogens is 2. The van der Waals surface area contributed by atoms with Crippen LogP contribution in [0.4, 0.5) is 5.69 Å². The normalized spacial score (nSPS) is 11.4. The van der Waals surface area contributed by atoms with Crippen LogP contribution in [0.1, 0.15) is 11.1 Å². The van der Waals surface area contributed by atoms with Crippen molar-refractivity contribution >= 4 is 43.2 Å². The van der Waals surface area contributed by atoms with Crippen LogP contribution in [0, 0.1) is 6.92 Å². The Labute approximate surface area is 138 Å². The molecule has 21 heavy (non-hydrogen) atoms. The molecule has 0 heterocycles. The number of nitrogens with one attached hydrogen (secondary N) is 1. The Kier molecular flexibility index (Phi) is 5.30. The molecule has 0 fully saturated rings. The first kappa shape index (κ1) is 16.3. The molecule has 1 N–H and O–H groups in total. The highest BCUT2D eigenvalue weighted by Gasteiger charge is 2.15. The summed E-state index contributed by atoms with van der Waals surface area (Å²) in [6.45, 7) is 1.85. The zero-order chi connectivity index (χ0) is 15.5. The predicted molar refractivity (Wildman–Crippen MR) is 90.6 cm³/mol. The molecular formula is C15H15BrClNO2S. The second kappa shape index (κ2) is 6.81. The Bertz CT molecular complexity index is 730. The van der Waals surface area contributed by atoms with Crippen molar-refractivity contribution in [1.82, 2.24) is 0 Å².